The van der Waals surface area contributed by atoms with Crippen LogP contribution in [0.5, 0.6) is 0 Å². The van der Waals surface area contributed by atoms with Crippen LogP contribution < -0.4 is 0 Å². The van der Waals surface area contributed by atoms with Crippen LogP contribution in [-0.4, -0.2) is 25.2 Å². The SMILES string of the molecule is CCCCCCCCCCCCOC(=O)C1CC=C(C)CC1C(=O)OCCCCCCCCCCCC. The molecule has 0 saturated carbocycles. The zero-order valence-electron chi connectivity index (χ0n) is 24.8. The van der Waals surface area contributed by atoms with Crippen molar-refractivity contribution < 1.29 is 19.1 Å². The minimum absolute atomic E-state index is 0.218. The number of carbonyl (C=O) groups excluding carboxylic acids is 2. The van der Waals surface area contributed by atoms with E-state index in [0.29, 0.717) is 26.1 Å². The Hall–Kier alpha value is -1.32. The van der Waals surface area contributed by atoms with Gasteiger partial charge in [0.2, 0.25) is 0 Å². The first-order valence-corrected chi connectivity index (χ1v) is 16.1. The fraction of sp³-hybridized carbons (Fsp3) is 0.879. The number of esters is 2. The Kier molecular flexibility index (Phi) is 21.7. The molecule has 2 unspecified atom stereocenters. The number of hydrogen-bond donors (Lipinski definition) is 0. The van der Waals surface area contributed by atoms with Crippen LogP contribution in [0.15, 0.2) is 11.6 Å². The summed E-state index contributed by atoms with van der Waals surface area (Å²) in [6.07, 6.45) is 28.4. The van der Waals surface area contributed by atoms with Gasteiger partial charge >= 0.3 is 11.9 Å². The lowest BCUT2D eigenvalue weighted by atomic mass is 9.80. The van der Waals surface area contributed by atoms with Gasteiger partial charge < -0.3 is 9.47 Å². The van der Waals surface area contributed by atoms with Gasteiger partial charge in [-0.15, -0.1) is 0 Å². The van der Waals surface area contributed by atoms with Gasteiger partial charge in [0, 0.05) is 0 Å². The molecule has 0 amide bonds. The normalized spacial score (nSPS) is 17.4. The predicted molar refractivity (Wildman–Crippen MR) is 156 cm³/mol. The van der Waals surface area contributed by atoms with Crippen LogP contribution in [-0.2, 0) is 19.1 Å². The molecular formula is C33H60O4. The zero-order chi connectivity index (χ0) is 27.0. The van der Waals surface area contributed by atoms with Crippen LogP contribution in [0.25, 0.3) is 0 Å². The highest BCUT2D eigenvalue weighted by atomic mass is 16.5. The third-order valence-corrected chi connectivity index (χ3v) is 7.84. The highest BCUT2D eigenvalue weighted by molar-refractivity contribution is 5.83. The molecule has 216 valence electrons. The molecule has 0 aliphatic heterocycles. The molecule has 0 aromatic rings. The van der Waals surface area contributed by atoms with Crippen LogP contribution in [0.1, 0.15) is 162 Å². The fourth-order valence-electron chi connectivity index (χ4n) is 5.31. The van der Waals surface area contributed by atoms with Crippen molar-refractivity contribution in [3.05, 3.63) is 11.6 Å². The standard InChI is InChI=1S/C33H60O4/c1-4-6-8-10-12-14-16-18-20-22-26-36-32(34)30-25-24-29(3)28-31(30)33(35)37-27-23-21-19-17-15-13-11-9-7-5-2/h24,30-31H,4-23,25-28H2,1-3H3. The quantitative estimate of drug-likeness (QED) is 0.0721. The third-order valence-electron chi connectivity index (χ3n) is 7.84. The first kappa shape index (κ1) is 33.7. The summed E-state index contributed by atoms with van der Waals surface area (Å²) in [7, 11) is 0. The number of unbranched alkanes of at least 4 members (excludes halogenated alkanes) is 18. The maximum Gasteiger partial charge on any atom is 0.310 e. The van der Waals surface area contributed by atoms with E-state index in [1.54, 1.807) is 0 Å². The maximum atomic E-state index is 12.8. The molecule has 0 spiro atoms. The molecule has 0 aromatic heterocycles. The summed E-state index contributed by atoms with van der Waals surface area (Å²) in [5.74, 6) is -1.23. The maximum absolute atomic E-state index is 12.8. The predicted octanol–water partition coefficient (Wildman–Crippen LogP) is 9.89. The number of hydrogen-bond acceptors (Lipinski definition) is 4. The molecule has 2 atom stereocenters. The van der Waals surface area contributed by atoms with Crippen molar-refractivity contribution in [3.8, 4) is 0 Å². The van der Waals surface area contributed by atoms with E-state index in [9.17, 15) is 9.59 Å². The second-order valence-corrected chi connectivity index (χ2v) is 11.4. The van der Waals surface area contributed by atoms with E-state index in [2.05, 4.69) is 19.9 Å². The Labute approximate surface area is 229 Å². The highest BCUT2D eigenvalue weighted by Crippen LogP contribution is 2.32. The van der Waals surface area contributed by atoms with Crippen molar-refractivity contribution in [1.82, 2.24) is 0 Å². The Morgan fingerprint density at radius 1 is 0.595 bits per heavy atom. The van der Waals surface area contributed by atoms with Crippen LogP contribution in [0.4, 0.5) is 0 Å². The van der Waals surface area contributed by atoms with Crippen LogP contribution in [0.3, 0.4) is 0 Å². The summed E-state index contributed by atoms with van der Waals surface area (Å²) in [4.78, 5) is 25.6. The average Bonchev–Trinajstić information content (AvgIpc) is 2.90. The molecule has 0 aromatic carbocycles. The molecule has 0 saturated heterocycles. The van der Waals surface area contributed by atoms with Crippen molar-refractivity contribution in [2.24, 2.45) is 11.8 Å². The third kappa shape index (κ3) is 17.7. The van der Waals surface area contributed by atoms with Gasteiger partial charge in [0.1, 0.15) is 0 Å². The molecule has 1 aliphatic carbocycles. The van der Waals surface area contributed by atoms with Crippen molar-refractivity contribution in [1.29, 1.82) is 0 Å². The van der Waals surface area contributed by atoms with Crippen LogP contribution >= 0.6 is 0 Å². The van der Waals surface area contributed by atoms with E-state index >= 15 is 0 Å². The van der Waals surface area contributed by atoms with Gasteiger partial charge in [-0.2, -0.15) is 0 Å². The summed E-state index contributed by atoms with van der Waals surface area (Å²) in [6.45, 7) is 7.48. The summed E-state index contributed by atoms with van der Waals surface area (Å²) >= 11 is 0. The molecule has 0 bridgehead atoms. The van der Waals surface area contributed by atoms with Crippen molar-refractivity contribution in [2.75, 3.05) is 13.2 Å². The van der Waals surface area contributed by atoms with Crippen LogP contribution in [0.2, 0.25) is 0 Å². The summed E-state index contributed by atoms with van der Waals surface area (Å²) < 4.78 is 11.2. The Balaban J connectivity index is 2.16. The van der Waals surface area contributed by atoms with Crippen molar-refractivity contribution in [3.63, 3.8) is 0 Å². The lowest BCUT2D eigenvalue weighted by molar-refractivity contribution is -0.161. The summed E-state index contributed by atoms with van der Waals surface area (Å²) in [6, 6.07) is 0. The molecule has 0 heterocycles. The van der Waals surface area contributed by atoms with Gasteiger partial charge in [0.05, 0.1) is 25.0 Å². The number of carbonyl (C=O) groups is 2. The first-order chi connectivity index (χ1) is 18.1. The van der Waals surface area contributed by atoms with Gasteiger partial charge in [-0.1, -0.05) is 141 Å². The molecule has 1 rings (SSSR count). The van der Waals surface area contributed by atoms with Crippen molar-refractivity contribution in [2.45, 2.75) is 162 Å². The van der Waals surface area contributed by atoms with Gasteiger partial charge in [0.25, 0.3) is 0 Å². The number of ether oxygens (including phenoxy) is 2. The topological polar surface area (TPSA) is 52.6 Å². The smallest absolute Gasteiger partial charge is 0.310 e. The molecule has 0 N–H and O–H groups in total. The van der Waals surface area contributed by atoms with Gasteiger partial charge in [-0.3, -0.25) is 9.59 Å². The lowest BCUT2D eigenvalue weighted by Gasteiger charge is -2.27. The molecular weight excluding hydrogens is 460 g/mol. The second-order valence-electron chi connectivity index (χ2n) is 11.4. The van der Waals surface area contributed by atoms with Gasteiger partial charge in [-0.05, 0) is 32.6 Å². The molecule has 0 fully saturated rings. The molecule has 1 aliphatic rings. The summed E-state index contributed by atoms with van der Waals surface area (Å²) in [5.41, 5.74) is 1.17. The molecule has 0 radical (unpaired) electrons. The minimum atomic E-state index is -0.396. The largest absolute Gasteiger partial charge is 0.465 e. The van der Waals surface area contributed by atoms with Crippen LogP contribution in [0, 0.1) is 11.8 Å². The second kappa shape index (κ2) is 23.8. The van der Waals surface area contributed by atoms with E-state index in [1.165, 1.54) is 108 Å². The summed E-state index contributed by atoms with van der Waals surface area (Å²) in [5, 5.41) is 0. The monoisotopic (exact) mass is 520 g/mol. The molecule has 4 heteroatoms. The average molecular weight is 521 g/mol. The van der Waals surface area contributed by atoms with Gasteiger partial charge in [0.15, 0.2) is 0 Å². The van der Waals surface area contributed by atoms with E-state index in [-0.39, 0.29) is 11.9 Å². The van der Waals surface area contributed by atoms with E-state index in [1.807, 2.05) is 6.92 Å². The lowest BCUT2D eigenvalue weighted by Crippen LogP contribution is -2.34. The Bertz CT molecular complexity index is 597. The highest BCUT2D eigenvalue weighted by Gasteiger charge is 2.37. The molecule has 4 nitrogen and oxygen atoms in total. The molecule has 37 heavy (non-hydrogen) atoms. The van der Waals surface area contributed by atoms with E-state index in [0.717, 1.165) is 25.7 Å². The number of allylic oxidation sites excluding steroid dienone is 2. The Morgan fingerprint density at radius 2 is 0.946 bits per heavy atom. The number of rotatable bonds is 24. The first-order valence-electron chi connectivity index (χ1n) is 16.1. The Morgan fingerprint density at radius 3 is 1.35 bits per heavy atom. The van der Waals surface area contributed by atoms with E-state index < -0.39 is 11.8 Å². The van der Waals surface area contributed by atoms with E-state index in [4.69, 9.17) is 9.47 Å². The van der Waals surface area contributed by atoms with Crippen molar-refractivity contribution >= 4 is 11.9 Å². The van der Waals surface area contributed by atoms with Gasteiger partial charge in [-0.25, -0.2) is 0 Å². The zero-order valence-corrected chi connectivity index (χ0v) is 24.8. The minimum Gasteiger partial charge on any atom is -0.465 e. The fourth-order valence-corrected chi connectivity index (χ4v) is 5.31.